The molecular formula is C28H43NO. The highest BCUT2D eigenvalue weighted by Gasteiger charge is 2.57. The molecule has 6 atom stereocenters. The minimum atomic E-state index is 0.238. The van der Waals surface area contributed by atoms with Crippen molar-refractivity contribution in [2.75, 3.05) is 0 Å². The first kappa shape index (κ1) is 22.0. The summed E-state index contributed by atoms with van der Waals surface area (Å²) >= 11 is 0. The van der Waals surface area contributed by atoms with E-state index in [0.717, 1.165) is 44.2 Å². The summed E-state index contributed by atoms with van der Waals surface area (Å²) in [5, 5.41) is 8.25. The third kappa shape index (κ3) is 3.37. The Morgan fingerprint density at radius 3 is 2.57 bits per heavy atom. The zero-order chi connectivity index (χ0) is 21.8. The van der Waals surface area contributed by atoms with Gasteiger partial charge in [0.05, 0.1) is 0 Å². The van der Waals surface area contributed by atoms with Gasteiger partial charge in [-0.25, -0.2) is 0 Å². The molecule has 4 aliphatic carbocycles. The van der Waals surface area contributed by atoms with Crippen molar-refractivity contribution in [3.63, 3.8) is 0 Å². The van der Waals surface area contributed by atoms with Gasteiger partial charge in [-0.05, 0) is 104 Å². The quantitative estimate of drug-likeness (QED) is 0.370. The Morgan fingerprint density at radius 2 is 1.87 bits per heavy atom. The van der Waals surface area contributed by atoms with Crippen molar-refractivity contribution in [1.82, 2.24) is 0 Å². The van der Waals surface area contributed by atoms with E-state index in [4.69, 9.17) is 5.41 Å². The number of hydrogen-bond acceptors (Lipinski definition) is 2. The molecule has 0 heterocycles. The Labute approximate surface area is 184 Å². The van der Waals surface area contributed by atoms with Crippen molar-refractivity contribution in [1.29, 1.82) is 5.41 Å². The van der Waals surface area contributed by atoms with E-state index in [1.807, 2.05) is 0 Å². The Bertz CT molecular complexity index is 788. The van der Waals surface area contributed by atoms with Gasteiger partial charge in [-0.2, -0.15) is 0 Å². The van der Waals surface area contributed by atoms with E-state index in [9.17, 15) is 4.79 Å². The lowest BCUT2D eigenvalue weighted by atomic mass is 9.50. The van der Waals surface area contributed by atoms with Crippen LogP contribution in [0.25, 0.3) is 0 Å². The van der Waals surface area contributed by atoms with Gasteiger partial charge in [0, 0.05) is 12.1 Å². The zero-order valence-corrected chi connectivity index (χ0v) is 20.1. The van der Waals surface area contributed by atoms with Crippen LogP contribution < -0.4 is 0 Å². The average molecular weight is 410 g/mol. The minimum Gasteiger partial charge on any atom is -0.309 e. The zero-order valence-electron chi connectivity index (χ0n) is 20.1. The maximum absolute atomic E-state index is 13.5. The molecule has 0 aromatic carbocycles. The van der Waals surface area contributed by atoms with Gasteiger partial charge in [0.2, 0.25) is 0 Å². The Balaban J connectivity index is 1.58. The van der Waals surface area contributed by atoms with Crippen molar-refractivity contribution in [3.8, 4) is 0 Å². The van der Waals surface area contributed by atoms with Crippen LogP contribution in [0.1, 0.15) is 98.8 Å². The predicted octanol–water partition coefficient (Wildman–Crippen LogP) is 7.54. The molecule has 1 N–H and O–H groups in total. The molecule has 2 saturated carbocycles. The van der Waals surface area contributed by atoms with E-state index in [1.165, 1.54) is 36.8 Å². The summed E-state index contributed by atoms with van der Waals surface area (Å²) in [5.41, 5.74) is 5.62. The molecule has 0 bridgehead atoms. The summed E-state index contributed by atoms with van der Waals surface area (Å²) in [5.74, 6) is 3.16. The number of Topliss-reactive ketones (excluding diaryl/α,β-unsaturated/α-hetero) is 1. The molecule has 6 unspecified atom stereocenters. The molecule has 0 spiro atoms. The van der Waals surface area contributed by atoms with Crippen molar-refractivity contribution >= 4 is 11.5 Å². The summed E-state index contributed by atoms with van der Waals surface area (Å²) in [6.07, 6.45) is 11.1. The molecule has 0 amide bonds. The van der Waals surface area contributed by atoms with Crippen molar-refractivity contribution < 1.29 is 4.79 Å². The van der Waals surface area contributed by atoms with Crippen LogP contribution in [-0.4, -0.2) is 11.5 Å². The van der Waals surface area contributed by atoms with Gasteiger partial charge in [-0.15, -0.1) is 0 Å². The average Bonchev–Trinajstić information content (AvgIpc) is 3.04. The van der Waals surface area contributed by atoms with E-state index in [-0.39, 0.29) is 10.8 Å². The highest BCUT2D eigenvalue weighted by molar-refractivity contribution is 5.98. The minimum absolute atomic E-state index is 0.238. The van der Waals surface area contributed by atoms with Crippen molar-refractivity contribution in [3.05, 3.63) is 23.3 Å². The number of allylic oxidation sites excluding steroid dienone is 3. The molecule has 166 valence electrons. The van der Waals surface area contributed by atoms with Crippen LogP contribution in [0, 0.1) is 45.8 Å². The van der Waals surface area contributed by atoms with Gasteiger partial charge < -0.3 is 5.41 Å². The van der Waals surface area contributed by atoms with Crippen LogP contribution in [0.4, 0.5) is 0 Å². The molecule has 4 rings (SSSR count). The highest BCUT2D eigenvalue weighted by atomic mass is 16.1. The molecule has 4 aliphatic rings. The number of ketones is 1. The Hall–Kier alpha value is -1.18. The number of fused-ring (bicyclic) bond motifs is 4. The molecule has 0 radical (unpaired) electrons. The number of nitrogens with one attached hydrogen (secondary N) is 1. The van der Waals surface area contributed by atoms with E-state index in [2.05, 4.69) is 41.2 Å². The third-order valence-corrected chi connectivity index (χ3v) is 10.1. The van der Waals surface area contributed by atoms with Crippen LogP contribution in [0.15, 0.2) is 23.3 Å². The Kier molecular flexibility index (Phi) is 5.69. The molecule has 0 aromatic heterocycles. The fraction of sp³-hybridized carbons (Fsp3) is 0.786. The number of carbonyl (C=O) groups excluding carboxylic acids is 1. The Morgan fingerprint density at radius 1 is 1.13 bits per heavy atom. The molecule has 2 fully saturated rings. The molecule has 30 heavy (non-hydrogen) atoms. The van der Waals surface area contributed by atoms with Crippen molar-refractivity contribution in [2.24, 2.45) is 40.4 Å². The van der Waals surface area contributed by atoms with Crippen LogP contribution in [0.2, 0.25) is 0 Å². The monoisotopic (exact) mass is 409 g/mol. The highest BCUT2D eigenvalue weighted by Crippen LogP contribution is 2.65. The summed E-state index contributed by atoms with van der Waals surface area (Å²) < 4.78 is 0. The maximum Gasteiger partial charge on any atom is 0.159 e. The topological polar surface area (TPSA) is 40.9 Å². The summed E-state index contributed by atoms with van der Waals surface area (Å²) in [7, 11) is 0. The maximum atomic E-state index is 13.5. The van der Waals surface area contributed by atoms with Crippen molar-refractivity contribution in [2.45, 2.75) is 98.8 Å². The lowest BCUT2D eigenvalue weighted by Gasteiger charge is -2.54. The number of carbonyl (C=O) groups is 1. The lowest BCUT2D eigenvalue weighted by molar-refractivity contribution is -0.120. The number of hydrogen-bond donors (Lipinski definition) is 1. The largest absolute Gasteiger partial charge is 0.309 e. The fourth-order valence-electron chi connectivity index (χ4n) is 7.95. The predicted molar refractivity (Wildman–Crippen MR) is 126 cm³/mol. The van der Waals surface area contributed by atoms with Gasteiger partial charge >= 0.3 is 0 Å². The van der Waals surface area contributed by atoms with Crippen LogP contribution in [0.3, 0.4) is 0 Å². The van der Waals surface area contributed by atoms with Gasteiger partial charge in [0.25, 0.3) is 0 Å². The summed E-state index contributed by atoms with van der Waals surface area (Å²) in [6, 6.07) is 0. The second-order valence-corrected chi connectivity index (χ2v) is 12.0. The normalized spacial score (nSPS) is 39.6. The molecule has 2 nitrogen and oxygen atoms in total. The number of rotatable bonds is 5. The summed E-state index contributed by atoms with van der Waals surface area (Å²) in [6.45, 7) is 15.9. The van der Waals surface area contributed by atoms with Crippen LogP contribution in [0.5, 0.6) is 0 Å². The third-order valence-electron chi connectivity index (χ3n) is 10.1. The first-order chi connectivity index (χ1) is 14.1. The standard InChI is InChI=1S/C28H43NO/c1-17(2)24(29)10-7-19(4)21-8-9-22-26-23(12-14-28(21,22)6)27(5)13-11-18(3)15-20(27)16-25(26)30/h17,19-22,29H,3,7-16H2,1-2,4-6H3. The van der Waals surface area contributed by atoms with E-state index >= 15 is 0 Å². The fourth-order valence-corrected chi connectivity index (χ4v) is 7.95. The van der Waals surface area contributed by atoms with Gasteiger partial charge in [-0.3, -0.25) is 4.79 Å². The van der Waals surface area contributed by atoms with Gasteiger partial charge in [0.1, 0.15) is 0 Å². The second-order valence-electron chi connectivity index (χ2n) is 12.0. The van der Waals surface area contributed by atoms with Gasteiger partial charge in [0.15, 0.2) is 5.78 Å². The lowest BCUT2D eigenvalue weighted by Crippen LogP contribution is -2.46. The van der Waals surface area contributed by atoms with Gasteiger partial charge in [-0.1, -0.05) is 52.3 Å². The molecular weight excluding hydrogens is 366 g/mol. The van der Waals surface area contributed by atoms with E-state index < -0.39 is 0 Å². The SMILES string of the molecule is C=C1CCC2(C)C3=C(C(=O)CC2C1)C1CCC(C(C)CCC(=N)C(C)C)C1(C)CC3. The molecule has 0 aromatic rings. The molecule has 2 heteroatoms. The molecule has 0 saturated heterocycles. The summed E-state index contributed by atoms with van der Waals surface area (Å²) in [4.78, 5) is 13.5. The van der Waals surface area contributed by atoms with Crippen LogP contribution >= 0.6 is 0 Å². The second kappa shape index (κ2) is 7.75. The van der Waals surface area contributed by atoms with E-state index in [0.29, 0.717) is 35.4 Å². The first-order valence-corrected chi connectivity index (χ1v) is 12.6. The first-order valence-electron chi connectivity index (χ1n) is 12.6. The van der Waals surface area contributed by atoms with E-state index in [1.54, 1.807) is 5.57 Å². The smallest absolute Gasteiger partial charge is 0.159 e. The van der Waals surface area contributed by atoms with Crippen LogP contribution in [-0.2, 0) is 4.79 Å². The molecule has 0 aliphatic heterocycles.